The second kappa shape index (κ2) is 5.57. The van der Waals surface area contributed by atoms with Crippen molar-refractivity contribution >= 4 is 0 Å². The normalized spacial score (nSPS) is 13.1. The molecule has 1 atom stereocenters. The van der Waals surface area contributed by atoms with Gasteiger partial charge >= 0.3 is 0 Å². The lowest BCUT2D eigenvalue weighted by Crippen LogP contribution is -2.23. The zero-order valence-corrected chi connectivity index (χ0v) is 11.6. The highest BCUT2D eigenvalue weighted by Gasteiger charge is 2.31. The van der Waals surface area contributed by atoms with Crippen LogP contribution in [0.2, 0.25) is 0 Å². The van der Waals surface area contributed by atoms with Crippen LogP contribution in [0.25, 0.3) is 0 Å². The van der Waals surface area contributed by atoms with Crippen molar-refractivity contribution in [2.75, 3.05) is 14.2 Å². The van der Waals surface area contributed by atoms with Crippen molar-refractivity contribution in [3.8, 4) is 17.6 Å². The molecule has 1 unspecified atom stereocenters. The van der Waals surface area contributed by atoms with Crippen LogP contribution in [-0.2, 0) is 5.41 Å². The molecule has 0 N–H and O–H groups in total. The van der Waals surface area contributed by atoms with Gasteiger partial charge in [0.05, 0.1) is 32.2 Å². The monoisotopic (exact) mass is 269 g/mol. The highest BCUT2D eigenvalue weighted by Crippen LogP contribution is 2.35. The van der Waals surface area contributed by atoms with E-state index >= 15 is 0 Å². The molecule has 1 aromatic carbocycles. The smallest absolute Gasteiger partial charge is 0.161 e. The molecule has 0 aliphatic heterocycles. The predicted octanol–water partition coefficient (Wildman–Crippen LogP) is 2.32. The van der Waals surface area contributed by atoms with E-state index in [0.29, 0.717) is 17.2 Å². The molecule has 0 amide bonds. The average Bonchev–Trinajstić information content (AvgIpc) is 2.54. The summed E-state index contributed by atoms with van der Waals surface area (Å²) < 4.78 is 10.5. The van der Waals surface area contributed by atoms with E-state index < -0.39 is 5.41 Å². The quantitative estimate of drug-likeness (QED) is 0.852. The van der Waals surface area contributed by atoms with E-state index in [0.717, 1.165) is 5.56 Å². The third kappa shape index (κ3) is 2.28. The molecule has 0 saturated carbocycles. The molecule has 1 aromatic heterocycles. The molecule has 102 valence electrons. The second-order valence-corrected chi connectivity index (χ2v) is 4.40. The van der Waals surface area contributed by atoms with E-state index in [4.69, 9.17) is 9.47 Å². The summed E-state index contributed by atoms with van der Waals surface area (Å²) >= 11 is 0. The van der Waals surface area contributed by atoms with Crippen LogP contribution in [0.5, 0.6) is 11.5 Å². The number of nitrogens with zero attached hydrogens (tertiary/aromatic N) is 3. The first-order chi connectivity index (χ1) is 9.65. The largest absolute Gasteiger partial charge is 0.493 e. The predicted molar refractivity (Wildman–Crippen MR) is 73.6 cm³/mol. The molecule has 0 bridgehead atoms. The summed E-state index contributed by atoms with van der Waals surface area (Å²) in [4.78, 5) is 8.27. The summed E-state index contributed by atoms with van der Waals surface area (Å²) in [6, 6.07) is 7.70. The molecule has 0 aliphatic rings. The average molecular weight is 269 g/mol. The third-order valence-corrected chi connectivity index (χ3v) is 3.26. The van der Waals surface area contributed by atoms with E-state index in [2.05, 4.69) is 16.0 Å². The van der Waals surface area contributed by atoms with Gasteiger partial charge in [-0.25, -0.2) is 0 Å². The van der Waals surface area contributed by atoms with Crippen LogP contribution in [0, 0.1) is 11.3 Å². The molecule has 1 heterocycles. The zero-order chi connectivity index (χ0) is 14.6. The van der Waals surface area contributed by atoms with Crippen molar-refractivity contribution < 1.29 is 9.47 Å². The van der Waals surface area contributed by atoms with Gasteiger partial charge in [0.25, 0.3) is 0 Å². The summed E-state index contributed by atoms with van der Waals surface area (Å²) in [7, 11) is 3.14. The number of rotatable bonds is 4. The van der Waals surface area contributed by atoms with E-state index in [-0.39, 0.29) is 0 Å². The minimum absolute atomic E-state index is 0.579. The van der Waals surface area contributed by atoms with Gasteiger partial charge in [-0.2, -0.15) is 5.26 Å². The summed E-state index contributed by atoms with van der Waals surface area (Å²) in [6.45, 7) is 1.80. The van der Waals surface area contributed by atoms with Crippen LogP contribution in [-0.4, -0.2) is 24.2 Å². The Morgan fingerprint density at radius 2 is 1.90 bits per heavy atom. The Bertz CT molecular complexity index is 637. The Hall–Kier alpha value is -2.61. The van der Waals surface area contributed by atoms with E-state index in [9.17, 15) is 5.26 Å². The molecule has 0 aliphatic carbocycles. The lowest BCUT2D eigenvalue weighted by atomic mass is 9.81. The Labute approximate surface area is 117 Å². The second-order valence-electron chi connectivity index (χ2n) is 4.40. The van der Waals surface area contributed by atoms with E-state index in [1.807, 2.05) is 6.07 Å². The molecule has 0 fully saturated rings. The van der Waals surface area contributed by atoms with Crippen LogP contribution >= 0.6 is 0 Å². The summed E-state index contributed by atoms with van der Waals surface area (Å²) in [6.07, 6.45) is 4.75. The van der Waals surface area contributed by atoms with Crippen molar-refractivity contribution in [1.29, 1.82) is 5.26 Å². The number of aromatic nitrogens is 2. The molecular formula is C15H15N3O2. The Morgan fingerprint density at radius 1 is 1.15 bits per heavy atom. The fourth-order valence-corrected chi connectivity index (χ4v) is 1.97. The Kier molecular flexibility index (Phi) is 3.85. The first-order valence-corrected chi connectivity index (χ1v) is 6.06. The molecule has 2 aromatic rings. The lowest BCUT2D eigenvalue weighted by Gasteiger charge is -2.22. The number of ether oxygens (including phenoxy) is 2. The van der Waals surface area contributed by atoms with Crippen LogP contribution in [0.3, 0.4) is 0 Å². The molecule has 20 heavy (non-hydrogen) atoms. The van der Waals surface area contributed by atoms with Crippen molar-refractivity contribution in [3.05, 3.63) is 48.0 Å². The maximum atomic E-state index is 9.59. The van der Waals surface area contributed by atoms with Gasteiger partial charge in [0.2, 0.25) is 0 Å². The number of benzene rings is 1. The number of hydrogen-bond donors (Lipinski definition) is 0. The van der Waals surface area contributed by atoms with Gasteiger partial charge in [0, 0.05) is 12.4 Å². The number of methoxy groups -OCH3 is 2. The van der Waals surface area contributed by atoms with Crippen LogP contribution in [0.4, 0.5) is 0 Å². The van der Waals surface area contributed by atoms with Gasteiger partial charge in [-0.15, -0.1) is 0 Å². The van der Waals surface area contributed by atoms with Gasteiger partial charge in [-0.1, -0.05) is 6.07 Å². The van der Waals surface area contributed by atoms with Crippen LogP contribution < -0.4 is 9.47 Å². The van der Waals surface area contributed by atoms with Crippen LogP contribution in [0.1, 0.15) is 18.2 Å². The van der Waals surface area contributed by atoms with Gasteiger partial charge in [0.1, 0.15) is 5.41 Å². The molecule has 0 saturated heterocycles. The molecular weight excluding hydrogens is 254 g/mol. The third-order valence-electron chi connectivity index (χ3n) is 3.26. The van der Waals surface area contributed by atoms with Crippen molar-refractivity contribution in [1.82, 2.24) is 9.97 Å². The summed E-state index contributed by atoms with van der Waals surface area (Å²) in [5, 5.41) is 9.59. The molecule has 5 nitrogen and oxygen atoms in total. The summed E-state index contributed by atoms with van der Waals surface area (Å²) in [5.74, 6) is 1.20. The molecule has 5 heteroatoms. The topological polar surface area (TPSA) is 68.0 Å². The van der Waals surface area contributed by atoms with Crippen molar-refractivity contribution in [3.63, 3.8) is 0 Å². The van der Waals surface area contributed by atoms with Gasteiger partial charge in [-0.05, 0) is 24.6 Å². The standard InChI is InChI=1S/C15H15N3O2/c1-15(10-16,14-9-17-6-7-18-14)11-4-5-12(19-2)13(8-11)20-3/h4-9H,1-3H3. The Morgan fingerprint density at radius 3 is 2.45 bits per heavy atom. The fraction of sp³-hybridized carbons (Fsp3) is 0.267. The highest BCUT2D eigenvalue weighted by atomic mass is 16.5. The minimum Gasteiger partial charge on any atom is -0.493 e. The van der Waals surface area contributed by atoms with E-state index in [1.54, 1.807) is 51.9 Å². The summed E-state index contributed by atoms with van der Waals surface area (Å²) in [5.41, 5.74) is 0.473. The fourth-order valence-electron chi connectivity index (χ4n) is 1.97. The molecule has 0 spiro atoms. The maximum absolute atomic E-state index is 9.59. The minimum atomic E-state index is -0.895. The lowest BCUT2D eigenvalue weighted by molar-refractivity contribution is 0.354. The first-order valence-electron chi connectivity index (χ1n) is 6.06. The molecule has 2 rings (SSSR count). The van der Waals surface area contributed by atoms with E-state index in [1.165, 1.54) is 0 Å². The highest BCUT2D eigenvalue weighted by molar-refractivity contribution is 5.50. The molecule has 0 radical (unpaired) electrons. The van der Waals surface area contributed by atoms with Gasteiger partial charge < -0.3 is 9.47 Å². The maximum Gasteiger partial charge on any atom is 0.161 e. The SMILES string of the molecule is COc1ccc(C(C)(C#N)c2cnccn2)cc1OC. The van der Waals surface area contributed by atoms with Gasteiger partial charge in [0.15, 0.2) is 11.5 Å². The number of hydrogen-bond acceptors (Lipinski definition) is 5. The van der Waals surface area contributed by atoms with Crippen LogP contribution in [0.15, 0.2) is 36.8 Å². The first kappa shape index (κ1) is 13.8. The number of nitriles is 1. The van der Waals surface area contributed by atoms with Crippen molar-refractivity contribution in [2.24, 2.45) is 0 Å². The van der Waals surface area contributed by atoms with Crippen molar-refractivity contribution in [2.45, 2.75) is 12.3 Å². The Balaban J connectivity index is 2.56. The van der Waals surface area contributed by atoms with Gasteiger partial charge in [-0.3, -0.25) is 9.97 Å². The zero-order valence-electron chi connectivity index (χ0n) is 11.6.